The Labute approximate surface area is 252 Å². The van der Waals surface area contributed by atoms with Gasteiger partial charge in [-0.3, -0.25) is 9.69 Å². The van der Waals surface area contributed by atoms with E-state index in [0.29, 0.717) is 35.6 Å². The number of aryl methyl sites for hydroxylation is 1. The van der Waals surface area contributed by atoms with Crippen molar-refractivity contribution in [2.75, 3.05) is 32.3 Å². The molecular formula is C33H40N2O4S2. The van der Waals surface area contributed by atoms with E-state index in [4.69, 9.17) is 4.74 Å². The third kappa shape index (κ3) is 8.61. The molecule has 0 unspecified atom stereocenters. The highest BCUT2D eigenvalue weighted by molar-refractivity contribution is 7.99. The molecule has 1 aliphatic rings. The zero-order valence-electron chi connectivity index (χ0n) is 24.0. The fourth-order valence-electron chi connectivity index (χ4n) is 5.36. The molecule has 1 fully saturated rings. The number of carbonyl (C=O) groups excluding carboxylic acids is 1. The van der Waals surface area contributed by atoms with Crippen molar-refractivity contribution in [2.24, 2.45) is 0 Å². The highest BCUT2D eigenvalue weighted by atomic mass is 32.2. The normalized spacial score (nSPS) is 17.8. The summed E-state index contributed by atoms with van der Waals surface area (Å²) in [6.45, 7) is 4.44. The lowest BCUT2D eigenvalue weighted by Gasteiger charge is -2.24. The first-order chi connectivity index (χ1) is 19.9. The van der Waals surface area contributed by atoms with Crippen molar-refractivity contribution in [2.45, 2.75) is 49.4 Å². The number of nitrogens with zero attached hydrogens (tertiary/aromatic N) is 1. The molecule has 3 aromatic carbocycles. The van der Waals surface area contributed by atoms with E-state index in [1.807, 2.05) is 61.3 Å². The number of benzene rings is 3. The van der Waals surface area contributed by atoms with Crippen LogP contribution in [-0.2, 0) is 21.8 Å². The van der Waals surface area contributed by atoms with Crippen molar-refractivity contribution >= 4 is 35.4 Å². The Bertz CT molecular complexity index is 1300. The number of likely N-dealkylation sites (tertiary alicyclic amines) is 1. The molecule has 41 heavy (non-hydrogen) atoms. The maximum absolute atomic E-state index is 13.4. The third-order valence-electron chi connectivity index (χ3n) is 7.54. The molecule has 4 rings (SSSR count). The van der Waals surface area contributed by atoms with E-state index in [-0.39, 0.29) is 5.91 Å². The molecule has 0 aliphatic carbocycles. The van der Waals surface area contributed by atoms with Crippen molar-refractivity contribution in [1.29, 1.82) is 0 Å². The van der Waals surface area contributed by atoms with E-state index in [9.17, 15) is 14.7 Å². The largest absolute Gasteiger partial charge is 0.480 e. The van der Waals surface area contributed by atoms with Crippen molar-refractivity contribution in [3.63, 3.8) is 0 Å². The Kier molecular flexibility index (Phi) is 11.7. The summed E-state index contributed by atoms with van der Waals surface area (Å²) >= 11 is 3.57. The summed E-state index contributed by atoms with van der Waals surface area (Å²) in [5.41, 5.74) is 5.81. The minimum absolute atomic E-state index is 0.325. The topological polar surface area (TPSA) is 78.9 Å². The smallest absolute Gasteiger partial charge is 0.326 e. The van der Waals surface area contributed by atoms with Crippen LogP contribution in [0.25, 0.3) is 11.1 Å². The summed E-state index contributed by atoms with van der Waals surface area (Å²) in [5, 5.41) is 13.0. The van der Waals surface area contributed by atoms with Crippen molar-refractivity contribution in [3.8, 4) is 11.1 Å². The number of hydrogen-bond donors (Lipinski definition) is 2. The van der Waals surface area contributed by atoms with Gasteiger partial charge in [0.25, 0.3) is 5.91 Å². The Morgan fingerprint density at radius 3 is 2.51 bits per heavy atom. The molecule has 0 saturated carbocycles. The van der Waals surface area contributed by atoms with E-state index >= 15 is 0 Å². The fourth-order valence-corrected chi connectivity index (χ4v) is 7.10. The van der Waals surface area contributed by atoms with Crippen LogP contribution in [0.2, 0.25) is 0 Å². The Morgan fingerprint density at radius 1 is 1.05 bits per heavy atom. The average molecular weight is 593 g/mol. The molecular weight excluding hydrogens is 553 g/mol. The number of hydrogen-bond acceptors (Lipinski definition) is 6. The summed E-state index contributed by atoms with van der Waals surface area (Å²) in [7, 11) is 1.76. The van der Waals surface area contributed by atoms with Gasteiger partial charge in [-0.2, -0.15) is 23.5 Å². The molecule has 0 aromatic heterocycles. The van der Waals surface area contributed by atoms with Crippen LogP contribution < -0.4 is 5.32 Å². The molecule has 3 aromatic rings. The van der Waals surface area contributed by atoms with Gasteiger partial charge in [-0.1, -0.05) is 60.7 Å². The first-order valence-electron chi connectivity index (χ1n) is 14.0. The fraction of sp³-hybridized carbons (Fsp3) is 0.394. The van der Waals surface area contributed by atoms with Crippen LogP contribution in [-0.4, -0.2) is 71.5 Å². The molecule has 1 heterocycles. The molecule has 0 spiro atoms. The second-order valence-corrected chi connectivity index (χ2v) is 12.8. The number of rotatable bonds is 14. The maximum Gasteiger partial charge on any atom is 0.326 e. The van der Waals surface area contributed by atoms with Crippen molar-refractivity contribution in [1.82, 2.24) is 10.2 Å². The van der Waals surface area contributed by atoms with Crippen LogP contribution in [0.1, 0.15) is 39.9 Å². The predicted octanol–water partition coefficient (Wildman–Crippen LogP) is 6.12. The average Bonchev–Trinajstić information content (AvgIpc) is 3.35. The molecule has 1 aliphatic heterocycles. The number of carboxylic acid groups (broad SMARTS) is 1. The molecule has 2 N–H and O–H groups in total. The van der Waals surface area contributed by atoms with E-state index in [1.165, 1.54) is 5.56 Å². The Morgan fingerprint density at radius 2 is 1.80 bits per heavy atom. The molecule has 3 atom stereocenters. The van der Waals surface area contributed by atoms with Crippen molar-refractivity contribution in [3.05, 3.63) is 95.1 Å². The number of amides is 1. The second-order valence-electron chi connectivity index (χ2n) is 10.5. The summed E-state index contributed by atoms with van der Waals surface area (Å²) in [4.78, 5) is 27.8. The molecule has 1 amide bonds. The zero-order valence-corrected chi connectivity index (χ0v) is 25.7. The van der Waals surface area contributed by atoms with Gasteiger partial charge in [0.15, 0.2) is 0 Å². The van der Waals surface area contributed by atoms with Gasteiger partial charge in [0.1, 0.15) is 6.04 Å². The Hall–Kier alpha value is -2.78. The number of thioether (sulfide) groups is 2. The number of aliphatic carboxylic acids is 1. The number of carbonyl (C=O) groups is 2. The highest BCUT2D eigenvalue weighted by Crippen LogP contribution is 2.33. The standard InChI is InChI=1S/C33H40N2O4S2/c1-23-9-7-8-12-28(23)30-17-25(13-14-29(30)32(36)34-31(33(37)38)15-16-40-3)19-35-20-27(18-26(35)21-39-2)41-22-24-10-5-4-6-11-24/h4-14,17,26-27,31H,15-16,18-22H2,1-3H3,(H,34,36)(H,37,38)/t26-,27+,31+/m1/s1. The zero-order chi connectivity index (χ0) is 29.2. The SMILES string of the molecule is COC[C@H]1C[C@H](SCc2ccccc2)CN1Cc1ccc(C(=O)N[C@@H](CCSC)C(=O)O)c(-c2ccccc2C)c1. The maximum atomic E-state index is 13.4. The van der Waals surface area contributed by atoms with Gasteiger partial charge in [0, 0.05) is 42.8 Å². The molecule has 8 heteroatoms. The van der Waals surface area contributed by atoms with Gasteiger partial charge in [-0.15, -0.1) is 0 Å². The summed E-state index contributed by atoms with van der Waals surface area (Å²) < 4.78 is 5.60. The number of ether oxygens (including phenoxy) is 1. The molecule has 0 bridgehead atoms. The lowest BCUT2D eigenvalue weighted by molar-refractivity contribution is -0.139. The number of carboxylic acids is 1. The van der Waals surface area contributed by atoms with Crippen LogP contribution in [0.4, 0.5) is 0 Å². The van der Waals surface area contributed by atoms with Gasteiger partial charge >= 0.3 is 5.97 Å². The molecule has 1 saturated heterocycles. The van der Waals surface area contributed by atoms with Gasteiger partial charge in [-0.05, 0) is 71.7 Å². The summed E-state index contributed by atoms with van der Waals surface area (Å²) in [6, 6.07) is 24.0. The van der Waals surface area contributed by atoms with E-state index in [2.05, 4.69) is 46.6 Å². The monoisotopic (exact) mass is 592 g/mol. The van der Waals surface area contributed by atoms with E-state index in [1.54, 1.807) is 18.9 Å². The van der Waals surface area contributed by atoms with E-state index < -0.39 is 12.0 Å². The van der Waals surface area contributed by atoms with Crippen LogP contribution in [0, 0.1) is 6.92 Å². The summed E-state index contributed by atoms with van der Waals surface area (Å²) in [6.07, 6.45) is 3.37. The minimum atomic E-state index is -1.01. The van der Waals surface area contributed by atoms with Gasteiger partial charge < -0.3 is 15.2 Å². The lowest BCUT2D eigenvalue weighted by atomic mass is 9.93. The third-order valence-corrected chi connectivity index (χ3v) is 9.50. The highest BCUT2D eigenvalue weighted by Gasteiger charge is 2.32. The van der Waals surface area contributed by atoms with E-state index in [0.717, 1.165) is 47.5 Å². The quantitative estimate of drug-likeness (QED) is 0.234. The molecule has 218 valence electrons. The van der Waals surface area contributed by atoms with Crippen LogP contribution in [0.5, 0.6) is 0 Å². The van der Waals surface area contributed by atoms with Crippen molar-refractivity contribution < 1.29 is 19.4 Å². The molecule has 6 nitrogen and oxygen atoms in total. The summed E-state index contributed by atoms with van der Waals surface area (Å²) in [5.74, 6) is 0.275. The first kappa shape index (κ1) is 31.2. The Balaban J connectivity index is 1.56. The lowest BCUT2D eigenvalue weighted by Crippen LogP contribution is -2.41. The van der Waals surface area contributed by atoms with Crippen LogP contribution in [0.3, 0.4) is 0 Å². The van der Waals surface area contributed by atoms with Gasteiger partial charge in [0.2, 0.25) is 0 Å². The number of nitrogens with one attached hydrogen (secondary N) is 1. The van der Waals surface area contributed by atoms with Crippen LogP contribution in [0.15, 0.2) is 72.8 Å². The minimum Gasteiger partial charge on any atom is -0.480 e. The predicted molar refractivity (Wildman–Crippen MR) is 171 cm³/mol. The first-order valence-corrected chi connectivity index (χ1v) is 16.4. The van der Waals surface area contributed by atoms with Gasteiger partial charge in [0.05, 0.1) is 6.61 Å². The molecule has 0 radical (unpaired) electrons. The number of methoxy groups -OCH3 is 1. The van der Waals surface area contributed by atoms with Crippen LogP contribution >= 0.6 is 23.5 Å². The second kappa shape index (κ2) is 15.4. The van der Waals surface area contributed by atoms with Gasteiger partial charge in [-0.25, -0.2) is 4.79 Å².